The Bertz CT molecular complexity index is 914. The molecule has 0 atom stereocenters. The van der Waals surface area contributed by atoms with E-state index in [2.05, 4.69) is 10.4 Å². The van der Waals surface area contributed by atoms with Crippen molar-refractivity contribution in [3.05, 3.63) is 40.7 Å². The van der Waals surface area contributed by atoms with E-state index in [1.54, 1.807) is 13.8 Å². The van der Waals surface area contributed by atoms with Gasteiger partial charge in [-0.15, -0.1) is 0 Å². The van der Waals surface area contributed by atoms with E-state index < -0.39 is 10.0 Å². The molecule has 0 radical (unpaired) electrons. The van der Waals surface area contributed by atoms with Crippen LogP contribution in [0.3, 0.4) is 0 Å². The monoisotopic (exact) mass is 364 g/mol. The number of rotatable bonds is 5. The Hall–Kier alpha value is -2.19. The number of hydrogen-bond donors (Lipinski definition) is 1. The van der Waals surface area contributed by atoms with Crippen molar-refractivity contribution in [3.8, 4) is 0 Å². The molecule has 0 spiro atoms. The maximum Gasteiger partial charge on any atom is 0.246 e. The summed E-state index contributed by atoms with van der Waals surface area (Å²) in [7, 11) is -0.664. The Morgan fingerprint density at radius 1 is 1.20 bits per heavy atom. The quantitative estimate of drug-likeness (QED) is 0.879. The molecule has 25 heavy (non-hydrogen) atoms. The van der Waals surface area contributed by atoms with Crippen molar-refractivity contribution >= 4 is 21.6 Å². The van der Waals surface area contributed by atoms with Gasteiger partial charge in [-0.05, 0) is 39.3 Å². The molecule has 1 aromatic carbocycles. The normalized spacial score (nSPS) is 11.8. The van der Waals surface area contributed by atoms with Crippen LogP contribution in [0.15, 0.2) is 23.1 Å². The van der Waals surface area contributed by atoms with Crippen LogP contribution in [0.25, 0.3) is 0 Å². The summed E-state index contributed by atoms with van der Waals surface area (Å²) in [5.74, 6) is -0.258. The summed E-state index contributed by atoms with van der Waals surface area (Å²) < 4.78 is 27.4. The highest BCUT2D eigenvalue weighted by molar-refractivity contribution is 7.89. The third kappa shape index (κ3) is 3.91. The fourth-order valence-electron chi connectivity index (χ4n) is 2.67. The first kappa shape index (κ1) is 19.1. The molecule has 1 amide bonds. The number of nitrogens with one attached hydrogen (secondary N) is 1. The first-order valence-corrected chi connectivity index (χ1v) is 9.31. The zero-order valence-corrected chi connectivity index (χ0v) is 16.2. The van der Waals surface area contributed by atoms with Gasteiger partial charge in [0.05, 0.1) is 11.4 Å². The Kier molecular flexibility index (Phi) is 5.34. The first-order chi connectivity index (χ1) is 11.5. The summed E-state index contributed by atoms with van der Waals surface area (Å²) in [5.41, 5.74) is 3.65. The molecule has 0 fully saturated rings. The molecule has 0 aliphatic rings. The highest BCUT2D eigenvalue weighted by atomic mass is 32.2. The lowest BCUT2D eigenvalue weighted by Crippen LogP contribution is -2.24. The van der Waals surface area contributed by atoms with E-state index in [4.69, 9.17) is 0 Å². The van der Waals surface area contributed by atoms with Gasteiger partial charge in [-0.1, -0.05) is 17.7 Å². The highest BCUT2D eigenvalue weighted by Crippen LogP contribution is 2.22. The second-order valence-electron chi connectivity index (χ2n) is 6.31. The van der Waals surface area contributed by atoms with Gasteiger partial charge in [0.2, 0.25) is 15.9 Å². The molecule has 2 rings (SSSR count). The fraction of sp³-hybridized carbons (Fsp3) is 0.412. The minimum absolute atomic E-state index is 0.0526. The zero-order chi connectivity index (χ0) is 18.9. The van der Waals surface area contributed by atoms with Crippen molar-refractivity contribution in [2.45, 2.75) is 39.1 Å². The lowest BCUT2D eigenvalue weighted by atomic mass is 10.1. The van der Waals surface area contributed by atoms with Crippen LogP contribution in [-0.4, -0.2) is 42.5 Å². The number of sulfonamides is 1. The Labute approximate surface area is 148 Å². The lowest BCUT2D eigenvalue weighted by molar-refractivity contribution is -0.116. The van der Waals surface area contributed by atoms with Crippen molar-refractivity contribution in [1.82, 2.24) is 14.1 Å². The van der Waals surface area contributed by atoms with E-state index in [0.29, 0.717) is 11.4 Å². The average Bonchev–Trinajstić information content (AvgIpc) is 2.76. The molecule has 0 unspecified atom stereocenters. The number of aryl methyl sites for hydroxylation is 3. The van der Waals surface area contributed by atoms with Crippen LogP contribution in [0.4, 0.5) is 5.69 Å². The third-order valence-electron chi connectivity index (χ3n) is 4.00. The average molecular weight is 364 g/mol. The molecule has 8 heteroatoms. The van der Waals surface area contributed by atoms with E-state index in [0.717, 1.165) is 21.1 Å². The van der Waals surface area contributed by atoms with Crippen molar-refractivity contribution < 1.29 is 13.2 Å². The lowest BCUT2D eigenvalue weighted by Gasteiger charge is -2.12. The number of aromatic nitrogens is 2. The van der Waals surface area contributed by atoms with Gasteiger partial charge in [-0.3, -0.25) is 9.48 Å². The minimum atomic E-state index is -3.61. The largest absolute Gasteiger partial charge is 0.324 e. The molecule has 136 valence electrons. The van der Waals surface area contributed by atoms with Crippen LogP contribution in [0.5, 0.6) is 0 Å². The number of nitrogens with zero attached hydrogens (tertiary/aromatic N) is 3. The maximum absolute atomic E-state index is 12.4. The van der Waals surface area contributed by atoms with E-state index >= 15 is 0 Å². The standard InChI is InChI=1S/C17H24N4O3S/c1-11-7-8-15(12(2)9-11)18-16(22)10-21-14(4)17(13(3)19-21)25(23,24)20(5)6/h7-9H,10H2,1-6H3,(H,18,22). The van der Waals surface area contributed by atoms with Gasteiger partial charge in [0.25, 0.3) is 0 Å². The first-order valence-electron chi connectivity index (χ1n) is 7.87. The number of carbonyl (C=O) groups is 1. The van der Waals surface area contributed by atoms with Gasteiger partial charge in [0.15, 0.2) is 0 Å². The van der Waals surface area contributed by atoms with Crippen LogP contribution in [-0.2, 0) is 21.4 Å². The van der Waals surface area contributed by atoms with E-state index in [1.165, 1.54) is 18.8 Å². The summed E-state index contributed by atoms with van der Waals surface area (Å²) >= 11 is 0. The van der Waals surface area contributed by atoms with E-state index in [9.17, 15) is 13.2 Å². The molecular weight excluding hydrogens is 340 g/mol. The molecule has 1 heterocycles. The fourth-order valence-corrected chi connectivity index (χ4v) is 3.93. The molecule has 1 aromatic heterocycles. The summed E-state index contributed by atoms with van der Waals surface area (Å²) in [6.07, 6.45) is 0. The highest BCUT2D eigenvalue weighted by Gasteiger charge is 2.27. The van der Waals surface area contributed by atoms with Crippen LogP contribution in [0.2, 0.25) is 0 Å². The Balaban J connectivity index is 2.25. The van der Waals surface area contributed by atoms with Gasteiger partial charge in [-0.25, -0.2) is 12.7 Å². The molecule has 2 aromatic rings. The third-order valence-corrected chi connectivity index (χ3v) is 6.07. The van der Waals surface area contributed by atoms with Crippen LogP contribution >= 0.6 is 0 Å². The summed E-state index contributed by atoms with van der Waals surface area (Å²) in [5, 5.41) is 7.07. The SMILES string of the molecule is Cc1ccc(NC(=O)Cn2nc(C)c(S(=O)(=O)N(C)C)c2C)c(C)c1. The van der Waals surface area contributed by atoms with Crippen LogP contribution < -0.4 is 5.32 Å². The Morgan fingerprint density at radius 3 is 2.40 bits per heavy atom. The minimum Gasteiger partial charge on any atom is -0.324 e. The van der Waals surface area contributed by atoms with Crippen molar-refractivity contribution in [2.24, 2.45) is 0 Å². The Morgan fingerprint density at radius 2 is 1.84 bits per heavy atom. The molecule has 7 nitrogen and oxygen atoms in total. The number of anilines is 1. The second-order valence-corrected chi connectivity index (χ2v) is 8.40. The topological polar surface area (TPSA) is 84.3 Å². The predicted octanol–water partition coefficient (Wildman–Crippen LogP) is 2.01. The van der Waals surface area contributed by atoms with Gasteiger partial charge in [-0.2, -0.15) is 5.10 Å². The smallest absolute Gasteiger partial charge is 0.246 e. The maximum atomic E-state index is 12.4. The summed E-state index contributed by atoms with van der Waals surface area (Å²) in [6.45, 7) is 7.14. The number of benzene rings is 1. The molecular formula is C17H24N4O3S. The predicted molar refractivity (Wildman–Crippen MR) is 97.1 cm³/mol. The number of carbonyl (C=O) groups excluding carboxylic acids is 1. The van der Waals surface area contributed by atoms with Crippen molar-refractivity contribution in [3.63, 3.8) is 0 Å². The van der Waals surface area contributed by atoms with Crippen LogP contribution in [0, 0.1) is 27.7 Å². The summed E-state index contributed by atoms with van der Waals surface area (Å²) in [4.78, 5) is 12.5. The number of hydrogen-bond acceptors (Lipinski definition) is 4. The van der Waals surface area contributed by atoms with Gasteiger partial charge in [0, 0.05) is 19.8 Å². The second kappa shape index (κ2) is 6.97. The molecule has 0 aliphatic carbocycles. The van der Waals surface area contributed by atoms with Crippen molar-refractivity contribution in [2.75, 3.05) is 19.4 Å². The summed E-state index contributed by atoms with van der Waals surface area (Å²) in [6, 6.07) is 5.76. The molecule has 0 bridgehead atoms. The van der Waals surface area contributed by atoms with Crippen molar-refractivity contribution in [1.29, 1.82) is 0 Å². The molecule has 0 saturated heterocycles. The van der Waals surface area contributed by atoms with Crippen LogP contribution in [0.1, 0.15) is 22.5 Å². The molecule has 0 aliphatic heterocycles. The number of amides is 1. The van der Waals surface area contributed by atoms with Gasteiger partial charge >= 0.3 is 0 Å². The molecule has 0 saturated carbocycles. The van der Waals surface area contributed by atoms with Gasteiger partial charge < -0.3 is 5.32 Å². The van der Waals surface area contributed by atoms with E-state index in [1.807, 2.05) is 32.0 Å². The zero-order valence-electron chi connectivity index (χ0n) is 15.4. The van der Waals surface area contributed by atoms with E-state index in [-0.39, 0.29) is 17.3 Å². The molecule has 1 N–H and O–H groups in total. The van der Waals surface area contributed by atoms with Gasteiger partial charge in [0.1, 0.15) is 11.4 Å².